The van der Waals surface area contributed by atoms with E-state index < -0.39 is 29.1 Å². The van der Waals surface area contributed by atoms with Gasteiger partial charge in [-0.1, -0.05) is 31.9 Å². The topological polar surface area (TPSA) is 93.6 Å². The van der Waals surface area contributed by atoms with Crippen molar-refractivity contribution in [1.82, 2.24) is 9.80 Å². The first-order valence-corrected chi connectivity index (χ1v) is 16.3. The van der Waals surface area contributed by atoms with Crippen LogP contribution in [0.25, 0.3) is 0 Å². The first-order valence-electron chi connectivity index (χ1n) is 16.3. The Morgan fingerprint density at radius 1 is 1.02 bits per heavy atom. The lowest BCUT2D eigenvalue weighted by Gasteiger charge is -2.38. The predicted molar refractivity (Wildman–Crippen MR) is 174 cm³/mol. The third-order valence-electron chi connectivity index (χ3n) is 10.3. The highest BCUT2D eigenvalue weighted by Crippen LogP contribution is 2.65. The summed E-state index contributed by atoms with van der Waals surface area (Å²) in [6.45, 7) is 18.9. The smallest absolute Gasteiger partial charge is 0.253 e. The molecule has 3 heterocycles. The Morgan fingerprint density at radius 2 is 1.64 bits per heavy atom. The molecule has 9 heteroatoms. The molecule has 1 N–H and O–H groups in total. The number of hydrogen-bond donors (Lipinski definition) is 1. The highest BCUT2D eigenvalue weighted by atomic mass is 16.5. The lowest BCUT2D eigenvalue weighted by atomic mass is 9.62. The van der Waals surface area contributed by atoms with Crippen molar-refractivity contribution in [1.29, 1.82) is 0 Å². The van der Waals surface area contributed by atoms with Crippen LogP contribution in [-0.2, 0) is 19.1 Å². The first-order chi connectivity index (χ1) is 21.1. The number of ether oxygens (including phenoxy) is 1. The summed E-state index contributed by atoms with van der Waals surface area (Å²) >= 11 is 0. The number of fused-ring (bicyclic) bond motifs is 1. The van der Waals surface area contributed by atoms with Gasteiger partial charge in [0.2, 0.25) is 11.8 Å². The van der Waals surface area contributed by atoms with E-state index in [4.69, 9.17) is 4.74 Å². The molecule has 3 saturated heterocycles. The van der Waals surface area contributed by atoms with Gasteiger partial charge in [-0.3, -0.25) is 14.4 Å². The maximum Gasteiger partial charge on any atom is 0.253 e. The number of amides is 3. The SMILES string of the molecule is C=CCN(C)C(=O)[C@H]1[C@H]2C(=O)N(CCCCCCO)C(C(=O)N(CC=C)c3ccc(N(CC)CC)cc3)C23CC(C)[C@]1(C)O3. The lowest BCUT2D eigenvalue weighted by molar-refractivity contribution is -0.150. The van der Waals surface area contributed by atoms with E-state index in [0.717, 1.165) is 37.3 Å². The molecule has 1 aromatic carbocycles. The number of nitrogens with zero attached hydrogens (tertiary/aromatic N) is 4. The van der Waals surface area contributed by atoms with Crippen LogP contribution < -0.4 is 9.80 Å². The molecule has 3 unspecified atom stereocenters. The van der Waals surface area contributed by atoms with Crippen molar-refractivity contribution in [3.63, 3.8) is 0 Å². The molecule has 1 aromatic rings. The molecule has 0 aromatic heterocycles. The number of carbonyl (C=O) groups excluding carboxylic acids is 3. The molecule has 0 aliphatic carbocycles. The number of carbonyl (C=O) groups is 3. The molecule has 0 radical (unpaired) electrons. The van der Waals surface area contributed by atoms with Gasteiger partial charge in [-0.2, -0.15) is 0 Å². The summed E-state index contributed by atoms with van der Waals surface area (Å²) in [5.74, 6) is -2.01. The maximum absolute atomic E-state index is 14.9. The van der Waals surface area contributed by atoms with Crippen LogP contribution in [0.3, 0.4) is 0 Å². The zero-order chi connectivity index (χ0) is 32.2. The molecule has 1 spiro atoms. The van der Waals surface area contributed by atoms with Crippen LogP contribution in [0.1, 0.15) is 59.8 Å². The Bertz CT molecular complexity index is 1220. The molecule has 0 saturated carbocycles. The van der Waals surface area contributed by atoms with Crippen LogP contribution in [0, 0.1) is 17.8 Å². The number of aliphatic hydroxyl groups excluding tert-OH is 1. The van der Waals surface area contributed by atoms with Crippen LogP contribution in [0.4, 0.5) is 11.4 Å². The van der Waals surface area contributed by atoms with Crippen molar-refractivity contribution < 1.29 is 24.2 Å². The summed E-state index contributed by atoms with van der Waals surface area (Å²) in [6, 6.07) is 7.08. The fourth-order valence-electron chi connectivity index (χ4n) is 7.93. The molecule has 3 amide bonds. The fraction of sp³-hybridized carbons (Fsp3) is 0.629. The van der Waals surface area contributed by atoms with Crippen molar-refractivity contribution in [2.75, 3.05) is 56.2 Å². The molecule has 4 rings (SSSR count). The van der Waals surface area contributed by atoms with Gasteiger partial charge in [-0.05, 0) is 70.2 Å². The number of hydrogen-bond acceptors (Lipinski definition) is 6. The van der Waals surface area contributed by atoms with Gasteiger partial charge >= 0.3 is 0 Å². The van der Waals surface area contributed by atoms with E-state index in [9.17, 15) is 19.5 Å². The van der Waals surface area contributed by atoms with E-state index >= 15 is 0 Å². The summed E-state index contributed by atoms with van der Waals surface area (Å²) in [4.78, 5) is 50.6. The number of unbranched alkanes of at least 4 members (excludes halogenated alkanes) is 3. The van der Waals surface area contributed by atoms with Gasteiger partial charge in [0.05, 0.1) is 17.4 Å². The van der Waals surface area contributed by atoms with Crippen LogP contribution in [-0.4, -0.2) is 96.3 Å². The second-order valence-electron chi connectivity index (χ2n) is 12.8. The lowest BCUT2D eigenvalue weighted by Crippen LogP contribution is -2.57. The Balaban J connectivity index is 1.76. The van der Waals surface area contributed by atoms with Crippen molar-refractivity contribution in [2.24, 2.45) is 17.8 Å². The van der Waals surface area contributed by atoms with Crippen LogP contribution in [0.15, 0.2) is 49.6 Å². The van der Waals surface area contributed by atoms with E-state index in [1.165, 1.54) is 0 Å². The zero-order valence-corrected chi connectivity index (χ0v) is 27.3. The number of benzene rings is 1. The molecule has 44 heavy (non-hydrogen) atoms. The van der Waals surface area contributed by atoms with Crippen LogP contribution >= 0.6 is 0 Å². The van der Waals surface area contributed by atoms with E-state index in [1.807, 2.05) is 31.2 Å². The number of anilines is 2. The minimum Gasteiger partial charge on any atom is -0.396 e. The highest BCUT2D eigenvalue weighted by Gasteiger charge is 2.80. The molecule has 3 aliphatic rings. The van der Waals surface area contributed by atoms with E-state index in [2.05, 4.69) is 38.8 Å². The molecule has 2 bridgehead atoms. The molecule has 3 aliphatic heterocycles. The molecule has 3 fully saturated rings. The molecular weight excluding hydrogens is 556 g/mol. The van der Waals surface area contributed by atoms with Crippen LogP contribution in [0.5, 0.6) is 0 Å². The van der Waals surface area contributed by atoms with E-state index in [-0.39, 0.29) is 36.8 Å². The number of aliphatic hydroxyl groups is 1. The fourth-order valence-corrected chi connectivity index (χ4v) is 7.93. The molecule has 9 nitrogen and oxygen atoms in total. The largest absolute Gasteiger partial charge is 0.396 e. The second kappa shape index (κ2) is 13.9. The average Bonchev–Trinajstić information content (AvgIpc) is 3.52. The molecule has 242 valence electrons. The standard InChI is InChI=1S/C35H52N4O5/c1-8-20-36(7)31(41)28-29-32(42)39(22-14-12-13-15-23-40)30(35(29)24-25(5)34(28,6)44-35)33(43)38(21-9-2)27-18-16-26(17-19-27)37(10-3)11-4/h8-9,16-19,25,28-30,40H,1-2,10-15,20-24H2,3-7H3/t25?,28-,29+,30?,34+,35?/m1/s1. The average molecular weight is 609 g/mol. The monoisotopic (exact) mass is 608 g/mol. The number of likely N-dealkylation sites (tertiary alicyclic amines) is 1. The minimum absolute atomic E-state index is 0.0290. The molecule has 6 atom stereocenters. The Labute approximate surface area is 263 Å². The number of likely N-dealkylation sites (N-methyl/N-ethyl adjacent to an activating group) is 1. The Morgan fingerprint density at radius 3 is 2.23 bits per heavy atom. The van der Waals surface area contributed by atoms with Gasteiger partial charge in [-0.15, -0.1) is 13.2 Å². The first kappa shape index (κ1) is 33.7. The summed E-state index contributed by atoms with van der Waals surface area (Å²) in [5, 5.41) is 9.24. The quantitative estimate of drug-likeness (QED) is 0.223. The number of rotatable bonds is 16. The van der Waals surface area contributed by atoms with Gasteiger partial charge in [0.15, 0.2) is 0 Å². The van der Waals surface area contributed by atoms with Gasteiger partial charge in [0.25, 0.3) is 5.91 Å². The predicted octanol–water partition coefficient (Wildman–Crippen LogP) is 4.26. The van der Waals surface area contributed by atoms with E-state index in [1.54, 1.807) is 33.9 Å². The maximum atomic E-state index is 14.9. The zero-order valence-electron chi connectivity index (χ0n) is 27.3. The van der Waals surface area contributed by atoms with Crippen molar-refractivity contribution in [3.05, 3.63) is 49.6 Å². The second-order valence-corrected chi connectivity index (χ2v) is 12.8. The minimum atomic E-state index is -1.11. The van der Waals surface area contributed by atoms with Crippen molar-refractivity contribution in [2.45, 2.75) is 77.0 Å². The summed E-state index contributed by atoms with van der Waals surface area (Å²) in [6.07, 6.45) is 6.96. The molecular formula is C35H52N4O5. The normalized spacial score (nSPS) is 28.6. The van der Waals surface area contributed by atoms with Gasteiger partial charge in [-0.25, -0.2) is 0 Å². The third kappa shape index (κ3) is 5.69. The highest BCUT2D eigenvalue weighted by molar-refractivity contribution is 6.05. The van der Waals surface area contributed by atoms with Gasteiger partial charge < -0.3 is 29.4 Å². The van der Waals surface area contributed by atoms with Crippen LogP contribution in [0.2, 0.25) is 0 Å². The Hall–Kier alpha value is -3.17. The van der Waals surface area contributed by atoms with Gasteiger partial charge in [0, 0.05) is 57.8 Å². The van der Waals surface area contributed by atoms with Gasteiger partial charge in [0.1, 0.15) is 11.6 Å². The van der Waals surface area contributed by atoms with Crippen molar-refractivity contribution >= 4 is 29.1 Å². The summed E-state index contributed by atoms with van der Waals surface area (Å²) in [7, 11) is 1.73. The van der Waals surface area contributed by atoms with E-state index in [0.29, 0.717) is 32.4 Å². The third-order valence-corrected chi connectivity index (χ3v) is 10.3. The Kier molecular flexibility index (Phi) is 10.6. The van der Waals surface area contributed by atoms with Crippen molar-refractivity contribution in [3.8, 4) is 0 Å². The summed E-state index contributed by atoms with van der Waals surface area (Å²) in [5.41, 5.74) is -0.170. The summed E-state index contributed by atoms with van der Waals surface area (Å²) < 4.78 is 6.92.